The van der Waals surface area contributed by atoms with Crippen molar-refractivity contribution in [1.29, 1.82) is 0 Å². The lowest BCUT2D eigenvalue weighted by Gasteiger charge is -2.35. The van der Waals surface area contributed by atoms with Crippen molar-refractivity contribution in [3.63, 3.8) is 0 Å². The van der Waals surface area contributed by atoms with Crippen LogP contribution < -0.4 is 20.1 Å². The summed E-state index contributed by atoms with van der Waals surface area (Å²) in [5.41, 5.74) is 0.0978. The van der Waals surface area contributed by atoms with Crippen molar-refractivity contribution in [2.45, 2.75) is 37.6 Å². The molecule has 3 aromatic rings. The fourth-order valence-electron chi connectivity index (χ4n) is 4.44. The summed E-state index contributed by atoms with van der Waals surface area (Å²) in [6, 6.07) is 7.03. The third-order valence-corrected chi connectivity index (χ3v) is 8.07. The summed E-state index contributed by atoms with van der Waals surface area (Å²) < 4.78 is 88.7. The van der Waals surface area contributed by atoms with E-state index in [0.29, 0.717) is 17.2 Å². The minimum Gasteiger partial charge on any atom is -0.435 e. The maximum absolute atomic E-state index is 14.9. The molecule has 0 spiro atoms. The zero-order valence-corrected chi connectivity index (χ0v) is 21.4. The van der Waals surface area contributed by atoms with Crippen molar-refractivity contribution < 1.29 is 30.7 Å². The fourth-order valence-corrected chi connectivity index (χ4v) is 5.96. The third-order valence-electron chi connectivity index (χ3n) is 6.70. The molecule has 2 aromatic heterocycles. The second-order valence-electron chi connectivity index (χ2n) is 9.53. The van der Waals surface area contributed by atoms with Gasteiger partial charge in [-0.3, -0.25) is 4.72 Å². The molecular weight excluding hydrogens is 540 g/mol. The molecule has 1 aliphatic carbocycles. The number of nitrogens with zero attached hydrogens (tertiary/aromatic N) is 3. The first kappa shape index (κ1) is 27.1. The van der Waals surface area contributed by atoms with E-state index < -0.39 is 57.1 Å². The van der Waals surface area contributed by atoms with Crippen LogP contribution in [0.1, 0.15) is 25.7 Å². The Morgan fingerprint density at radius 3 is 2.64 bits per heavy atom. The molecule has 1 saturated carbocycles. The summed E-state index contributed by atoms with van der Waals surface area (Å²) in [4.78, 5) is 12.9. The Hall–Kier alpha value is -3.52. The van der Waals surface area contributed by atoms with Gasteiger partial charge in [-0.25, -0.2) is 36.5 Å². The Bertz CT molecular complexity index is 1450. The van der Waals surface area contributed by atoms with Gasteiger partial charge in [-0.15, -0.1) is 0 Å². The minimum atomic E-state index is -4.35. The molecule has 9 nitrogen and oxygen atoms in total. The number of halogens is 4. The molecular formula is C25H26F4N6O3S. The highest BCUT2D eigenvalue weighted by atomic mass is 32.2. The van der Waals surface area contributed by atoms with E-state index in [1.54, 1.807) is 24.4 Å². The van der Waals surface area contributed by atoms with Crippen LogP contribution >= 0.6 is 0 Å². The van der Waals surface area contributed by atoms with Gasteiger partial charge >= 0.3 is 0 Å². The fraction of sp³-hybridized carbons (Fsp3) is 0.400. The Morgan fingerprint density at radius 1 is 1.08 bits per heavy atom. The highest BCUT2D eigenvalue weighted by Gasteiger charge is 2.50. The minimum absolute atomic E-state index is 0.0334. The highest BCUT2D eigenvalue weighted by Crippen LogP contribution is 2.44. The van der Waals surface area contributed by atoms with Crippen LogP contribution in [0.5, 0.6) is 11.6 Å². The van der Waals surface area contributed by atoms with Crippen molar-refractivity contribution in [2.75, 3.05) is 28.9 Å². The molecule has 0 radical (unpaired) electrons. The van der Waals surface area contributed by atoms with Crippen molar-refractivity contribution in [3.05, 3.63) is 54.4 Å². The van der Waals surface area contributed by atoms with Gasteiger partial charge in [-0.1, -0.05) is 0 Å². The van der Waals surface area contributed by atoms with E-state index in [-0.39, 0.29) is 18.3 Å². The molecule has 2 aliphatic rings. The average molecular weight is 567 g/mol. The molecule has 3 heterocycles. The number of sulfonamides is 1. The molecule has 1 saturated heterocycles. The number of ether oxygens (including phenoxy) is 1. The zero-order chi connectivity index (χ0) is 27.6. The summed E-state index contributed by atoms with van der Waals surface area (Å²) in [5, 5.41) is 6.57. The van der Waals surface area contributed by atoms with Gasteiger partial charge in [0.2, 0.25) is 27.7 Å². The van der Waals surface area contributed by atoms with E-state index in [2.05, 4.69) is 25.6 Å². The van der Waals surface area contributed by atoms with E-state index in [1.807, 2.05) is 4.72 Å². The Morgan fingerprint density at radius 2 is 1.92 bits per heavy atom. The molecule has 14 heteroatoms. The number of aromatic nitrogens is 3. The lowest BCUT2D eigenvalue weighted by atomic mass is 9.82. The standard InChI is InChI=1S/C25H26F4N6O3S/c26-21-19(35-39(36,37)14-15-7-9-25(15,28)29)5-6-20(22(21)27)38-23-17(4-2-11-31-23)18-8-12-32-24(34-18)33-16-3-1-10-30-13-16/h2,4-6,8,11-12,15-16,30,35H,1,3,7,9-10,13-14H2,(H,32,33,34)/t15?,16-/m0/s1. The largest absolute Gasteiger partial charge is 0.435 e. The van der Waals surface area contributed by atoms with Gasteiger partial charge in [0.15, 0.2) is 11.6 Å². The number of hydrogen-bond donors (Lipinski definition) is 3. The Balaban J connectivity index is 1.33. The second-order valence-corrected chi connectivity index (χ2v) is 11.3. The monoisotopic (exact) mass is 566 g/mol. The summed E-state index contributed by atoms with van der Waals surface area (Å²) in [5.74, 6) is -8.61. The summed E-state index contributed by atoms with van der Waals surface area (Å²) in [6.45, 7) is 1.73. The van der Waals surface area contributed by atoms with E-state index in [4.69, 9.17) is 4.74 Å². The normalized spacial score (nSPS) is 20.6. The first-order chi connectivity index (χ1) is 18.6. The maximum Gasteiger partial charge on any atom is 0.252 e. The number of nitrogens with one attached hydrogen (secondary N) is 3. The molecule has 1 unspecified atom stereocenters. The van der Waals surface area contributed by atoms with E-state index in [1.165, 1.54) is 6.20 Å². The predicted molar refractivity (Wildman–Crippen MR) is 136 cm³/mol. The predicted octanol–water partition coefficient (Wildman–Crippen LogP) is 4.56. The van der Waals surface area contributed by atoms with Crippen LogP contribution in [0.25, 0.3) is 11.3 Å². The van der Waals surface area contributed by atoms with E-state index in [9.17, 15) is 26.0 Å². The smallest absolute Gasteiger partial charge is 0.252 e. The molecule has 2 atom stereocenters. The Kier molecular flexibility index (Phi) is 7.58. The lowest BCUT2D eigenvalue weighted by Crippen LogP contribution is -2.43. The average Bonchev–Trinajstić information content (AvgIpc) is 2.92. The van der Waals surface area contributed by atoms with Gasteiger partial charge < -0.3 is 15.4 Å². The van der Waals surface area contributed by atoms with Crippen molar-refractivity contribution in [1.82, 2.24) is 20.3 Å². The Labute approximate surface area is 222 Å². The molecule has 1 aromatic carbocycles. The third kappa shape index (κ3) is 6.22. The van der Waals surface area contributed by atoms with Gasteiger partial charge in [-0.2, -0.15) is 4.39 Å². The molecule has 2 fully saturated rings. The number of pyridine rings is 1. The quantitative estimate of drug-likeness (QED) is 0.323. The van der Waals surface area contributed by atoms with Crippen LogP contribution in [0.15, 0.2) is 42.7 Å². The highest BCUT2D eigenvalue weighted by molar-refractivity contribution is 7.92. The van der Waals surface area contributed by atoms with Gasteiger partial charge in [0.25, 0.3) is 5.92 Å². The molecule has 39 heavy (non-hydrogen) atoms. The van der Waals surface area contributed by atoms with Crippen LogP contribution in [0.2, 0.25) is 0 Å². The number of hydrogen-bond acceptors (Lipinski definition) is 8. The molecule has 3 N–H and O–H groups in total. The van der Waals surface area contributed by atoms with Crippen molar-refractivity contribution in [2.24, 2.45) is 5.92 Å². The number of piperidine rings is 1. The molecule has 208 valence electrons. The maximum atomic E-state index is 14.9. The number of rotatable bonds is 9. The van der Waals surface area contributed by atoms with Crippen LogP contribution in [0.4, 0.5) is 29.2 Å². The number of benzene rings is 1. The van der Waals surface area contributed by atoms with Crippen LogP contribution in [0, 0.1) is 17.6 Å². The molecule has 5 rings (SSSR count). The SMILES string of the molecule is O=S(=O)(CC1CCC1(F)F)Nc1ccc(Oc2ncccc2-c2ccnc(N[C@H]3CCCNC3)n2)c(F)c1F. The first-order valence-electron chi connectivity index (χ1n) is 12.4. The number of alkyl halides is 2. The molecule has 1 aliphatic heterocycles. The topological polar surface area (TPSA) is 118 Å². The summed E-state index contributed by atoms with van der Waals surface area (Å²) in [7, 11) is -4.35. The van der Waals surface area contributed by atoms with Gasteiger partial charge in [-0.05, 0) is 56.1 Å². The summed E-state index contributed by atoms with van der Waals surface area (Å²) in [6.07, 6.45) is 4.58. The van der Waals surface area contributed by atoms with Crippen LogP contribution in [0.3, 0.4) is 0 Å². The molecule has 0 amide bonds. The van der Waals surface area contributed by atoms with Crippen LogP contribution in [-0.2, 0) is 10.0 Å². The van der Waals surface area contributed by atoms with Crippen molar-refractivity contribution in [3.8, 4) is 22.9 Å². The van der Waals surface area contributed by atoms with Gasteiger partial charge in [0, 0.05) is 37.3 Å². The van der Waals surface area contributed by atoms with Crippen molar-refractivity contribution >= 4 is 21.7 Å². The zero-order valence-electron chi connectivity index (χ0n) is 20.6. The van der Waals surface area contributed by atoms with E-state index >= 15 is 0 Å². The number of anilines is 2. The van der Waals surface area contributed by atoms with E-state index in [0.717, 1.165) is 38.1 Å². The van der Waals surface area contributed by atoms with Gasteiger partial charge in [0.1, 0.15) is 0 Å². The first-order valence-corrected chi connectivity index (χ1v) is 14.1. The molecule has 0 bridgehead atoms. The van der Waals surface area contributed by atoms with Gasteiger partial charge in [0.05, 0.1) is 22.7 Å². The summed E-state index contributed by atoms with van der Waals surface area (Å²) >= 11 is 0. The van der Waals surface area contributed by atoms with Crippen LogP contribution in [-0.4, -0.2) is 54.2 Å². The second kappa shape index (κ2) is 10.9. The lowest BCUT2D eigenvalue weighted by molar-refractivity contribution is -0.122.